The summed E-state index contributed by atoms with van der Waals surface area (Å²) in [7, 11) is 0. The van der Waals surface area contributed by atoms with Gasteiger partial charge in [-0.15, -0.1) is 5.10 Å². The average molecular weight is 478 g/mol. The molecule has 0 amide bonds. The molecule has 2 bridgehead atoms. The van der Waals surface area contributed by atoms with E-state index >= 15 is 0 Å². The highest BCUT2D eigenvalue weighted by Crippen LogP contribution is 2.69. The number of hydrogen-bond donors (Lipinski definition) is 1. The molecule has 3 heterocycles. The number of aliphatic hydroxyl groups is 1. The third kappa shape index (κ3) is 3.01. The van der Waals surface area contributed by atoms with Crippen LogP contribution in [0.2, 0.25) is 0 Å². The van der Waals surface area contributed by atoms with E-state index in [1.807, 2.05) is 26.0 Å². The Morgan fingerprint density at radius 2 is 1.80 bits per heavy atom. The van der Waals surface area contributed by atoms with Gasteiger partial charge in [0.15, 0.2) is 0 Å². The maximum atomic E-state index is 14.5. The monoisotopic (exact) mass is 477 g/mol. The van der Waals surface area contributed by atoms with E-state index in [4.69, 9.17) is 4.98 Å². The summed E-state index contributed by atoms with van der Waals surface area (Å²) in [6, 6.07) is 7.62. The molecule has 2 atom stereocenters. The summed E-state index contributed by atoms with van der Waals surface area (Å²) in [4.78, 5) is 11.6. The highest BCUT2D eigenvalue weighted by Gasteiger charge is 2.65. The van der Waals surface area contributed by atoms with Crippen molar-refractivity contribution in [3.05, 3.63) is 65.1 Å². The van der Waals surface area contributed by atoms with Crippen molar-refractivity contribution in [3.8, 4) is 11.3 Å². The Labute approximate surface area is 203 Å². The molecule has 0 unspecified atom stereocenters. The normalized spacial score (nSPS) is 25.0. The summed E-state index contributed by atoms with van der Waals surface area (Å²) in [6.45, 7) is 9.54. The van der Waals surface area contributed by atoms with Gasteiger partial charge >= 0.3 is 0 Å². The molecule has 1 aliphatic heterocycles. The van der Waals surface area contributed by atoms with E-state index in [9.17, 15) is 13.9 Å². The number of fused-ring (bicyclic) bond motifs is 5. The van der Waals surface area contributed by atoms with Gasteiger partial charge in [-0.3, -0.25) is 0 Å². The minimum atomic E-state index is -0.733. The van der Waals surface area contributed by atoms with Crippen LogP contribution in [0.4, 0.5) is 14.7 Å². The molecule has 3 aromatic rings. The van der Waals surface area contributed by atoms with Gasteiger partial charge in [0.1, 0.15) is 11.6 Å². The van der Waals surface area contributed by atoms with Gasteiger partial charge in [-0.05, 0) is 67.9 Å². The van der Waals surface area contributed by atoms with Crippen LogP contribution < -0.4 is 4.90 Å². The van der Waals surface area contributed by atoms with Crippen LogP contribution in [0.5, 0.6) is 0 Å². The van der Waals surface area contributed by atoms with Crippen molar-refractivity contribution >= 4 is 5.95 Å². The lowest BCUT2D eigenvalue weighted by Crippen LogP contribution is -2.56. The number of nitrogens with zero attached hydrogens (tertiary/aromatic N) is 5. The maximum absolute atomic E-state index is 14.5. The summed E-state index contributed by atoms with van der Waals surface area (Å²) < 4.78 is 29.0. The molecule has 0 radical (unpaired) electrons. The molecule has 1 saturated heterocycles. The molecule has 1 aromatic carbocycles. The minimum absolute atomic E-state index is 0.138. The van der Waals surface area contributed by atoms with Crippen LogP contribution >= 0.6 is 0 Å². The summed E-state index contributed by atoms with van der Waals surface area (Å²) in [6.07, 6.45) is 3.61. The Morgan fingerprint density at radius 3 is 2.49 bits per heavy atom. The predicted molar refractivity (Wildman–Crippen MR) is 128 cm³/mol. The molecule has 182 valence electrons. The van der Waals surface area contributed by atoms with E-state index in [1.165, 1.54) is 18.2 Å². The fraction of sp³-hybridized carbons (Fsp3) is 0.481. The van der Waals surface area contributed by atoms with E-state index in [2.05, 4.69) is 33.9 Å². The first kappa shape index (κ1) is 22.5. The molecule has 1 N–H and O–H groups in total. The van der Waals surface area contributed by atoms with Gasteiger partial charge in [-0.1, -0.05) is 19.9 Å². The van der Waals surface area contributed by atoms with Crippen molar-refractivity contribution in [1.82, 2.24) is 20.2 Å². The van der Waals surface area contributed by atoms with Gasteiger partial charge in [0.25, 0.3) is 0 Å². The van der Waals surface area contributed by atoms with Crippen LogP contribution in [0.3, 0.4) is 0 Å². The van der Waals surface area contributed by atoms with Crippen molar-refractivity contribution in [2.75, 3.05) is 18.0 Å². The van der Waals surface area contributed by atoms with Crippen molar-refractivity contribution in [2.24, 2.45) is 11.3 Å². The largest absolute Gasteiger partial charge is 0.390 e. The second-order valence-electron chi connectivity index (χ2n) is 11.3. The second-order valence-corrected chi connectivity index (χ2v) is 11.3. The minimum Gasteiger partial charge on any atom is -0.390 e. The van der Waals surface area contributed by atoms with E-state index < -0.39 is 22.7 Å². The van der Waals surface area contributed by atoms with Crippen molar-refractivity contribution in [1.29, 1.82) is 0 Å². The Kier molecular flexibility index (Phi) is 4.66. The molecule has 2 fully saturated rings. The standard InChI is InChI=1S/C27H29F2N5O/c1-25(2)17-8-10-27(25,21-9-11-30-24(31-21)34-13-15(14-34)26(3,4)35)23-16(17)12-20(32-33-23)22-18(28)6-5-7-19(22)29/h5-7,9,11-12,15,17,35H,8,10,13-14H2,1-4H3/t17-,27+/m0/s1. The zero-order chi connectivity index (χ0) is 24.8. The zero-order valence-electron chi connectivity index (χ0n) is 20.4. The van der Waals surface area contributed by atoms with Crippen molar-refractivity contribution in [3.63, 3.8) is 0 Å². The fourth-order valence-electron chi connectivity index (χ4n) is 6.58. The van der Waals surface area contributed by atoms with E-state index in [0.29, 0.717) is 19.0 Å². The number of anilines is 1. The highest BCUT2D eigenvalue weighted by atomic mass is 19.1. The SMILES string of the molecule is CC(C)(O)C1CN(c2nccc([C@]34CC[C@@H](c5cc(-c6c(F)cccc6F)nnc53)C4(C)C)n2)C1. The smallest absolute Gasteiger partial charge is 0.225 e. The second kappa shape index (κ2) is 7.26. The fourth-order valence-corrected chi connectivity index (χ4v) is 6.58. The molecule has 0 spiro atoms. The molecule has 6 rings (SSSR count). The zero-order valence-corrected chi connectivity index (χ0v) is 20.4. The molecule has 8 heteroatoms. The molecule has 2 aromatic heterocycles. The van der Waals surface area contributed by atoms with Gasteiger partial charge in [-0.2, -0.15) is 5.10 Å². The third-order valence-corrected chi connectivity index (χ3v) is 8.84. The molecule has 3 aliphatic rings. The van der Waals surface area contributed by atoms with Crippen LogP contribution in [0.25, 0.3) is 11.3 Å². The van der Waals surface area contributed by atoms with Gasteiger partial charge in [0.2, 0.25) is 5.95 Å². The maximum Gasteiger partial charge on any atom is 0.225 e. The summed E-state index contributed by atoms with van der Waals surface area (Å²) in [5.74, 6) is -0.270. The Bertz CT molecular complexity index is 1310. The van der Waals surface area contributed by atoms with E-state index in [0.717, 1.165) is 29.8 Å². The quantitative estimate of drug-likeness (QED) is 0.591. The Balaban J connectivity index is 1.42. The predicted octanol–water partition coefficient (Wildman–Crippen LogP) is 4.62. The molecule has 35 heavy (non-hydrogen) atoms. The molecule has 1 saturated carbocycles. The summed E-state index contributed by atoms with van der Waals surface area (Å²) in [5, 5.41) is 19.2. The first-order valence-electron chi connectivity index (χ1n) is 12.2. The van der Waals surface area contributed by atoms with Gasteiger partial charge in [0.05, 0.1) is 33.7 Å². The Hall–Kier alpha value is -3.00. The number of aromatic nitrogens is 4. The van der Waals surface area contributed by atoms with Gasteiger partial charge < -0.3 is 10.0 Å². The van der Waals surface area contributed by atoms with Crippen LogP contribution in [-0.4, -0.2) is 44.0 Å². The molecule has 6 nitrogen and oxygen atoms in total. The van der Waals surface area contributed by atoms with Crippen LogP contribution in [0, 0.1) is 23.0 Å². The van der Waals surface area contributed by atoms with Crippen LogP contribution in [0.15, 0.2) is 36.5 Å². The van der Waals surface area contributed by atoms with Crippen LogP contribution in [0.1, 0.15) is 63.4 Å². The molecule has 2 aliphatic carbocycles. The first-order chi connectivity index (χ1) is 16.5. The highest BCUT2D eigenvalue weighted by molar-refractivity contribution is 5.64. The van der Waals surface area contributed by atoms with Crippen LogP contribution in [-0.2, 0) is 5.41 Å². The van der Waals surface area contributed by atoms with Gasteiger partial charge in [-0.25, -0.2) is 18.7 Å². The van der Waals surface area contributed by atoms with Crippen molar-refractivity contribution in [2.45, 2.75) is 57.5 Å². The van der Waals surface area contributed by atoms with Crippen molar-refractivity contribution < 1.29 is 13.9 Å². The van der Waals surface area contributed by atoms with E-state index in [1.54, 1.807) is 6.20 Å². The lowest BCUT2D eigenvalue weighted by molar-refractivity contribution is 0.00413. The average Bonchev–Trinajstić information content (AvgIpc) is 3.13. The van der Waals surface area contributed by atoms with Gasteiger partial charge in [0, 0.05) is 25.2 Å². The number of halogens is 2. The topological polar surface area (TPSA) is 75.0 Å². The lowest BCUT2D eigenvalue weighted by Gasteiger charge is -2.45. The number of rotatable bonds is 4. The summed E-state index contributed by atoms with van der Waals surface area (Å²) >= 11 is 0. The Morgan fingerprint density at radius 1 is 1.09 bits per heavy atom. The molecular formula is C27H29F2N5O. The van der Waals surface area contributed by atoms with E-state index in [-0.39, 0.29) is 28.5 Å². The first-order valence-corrected chi connectivity index (χ1v) is 12.2. The third-order valence-electron chi connectivity index (χ3n) is 8.84. The molecular weight excluding hydrogens is 448 g/mol. The number of hydrogen-bond acceptors (Lipinski definition) is 6. The number of benzene rings is 1. The summed E-state index contributed by atoms with van der Waals surface area (Å²) in [5.41, 5.74) is 1.45. The lowest BCUT2D eigenvalue weighted by atomic mass is 9.66.